The number of hydrogen-bond acceptors (Lipinski definition) is 7. The van der Waals surface area contributed by atoms with Crippen molar-refractivity contribution in [1.82, 2.24) is 0 Å². The SMILES string of the molecule is CC/C=C\C/C=C\C/C=C\C/C=C\C/C=C\C/C=C\C/C=C\C/C=C\CCCCCCCCCCCCCCC(=O)OC(COC(=O)CCCCCCCCCCC/C=C\CCCCCCCCCC)COC(OCC[N+](C)(C)C)C(=O)O. The highest BCUT2D eigenvalue weighted by molar-refractivity contribution is 5.71. The predicted molar refractivity (Wildman–Crippen MR) is 355 cm³/mol. The minimum atomic E-state index is -1.52. The Morgan fingerprint density at radius 2 is 0.687 bits per heavy atom. The molecule has 0 saturated heterocycles. The first-order valence-electron chi connectivity index (χ1n) is 34.1. The molecular formula is C74H128NO8+. The number of allylic oxidation sites excluding steroid dienone is 18. The Labute approximate surface area is 511 Å². The number of carbonyl (C=O) groups excluding carboxylic acids is 2. The van der Waals surface area contributed by atoms with Crippen LogP contribution in [-0.4, -0.2) is 87.4 Å². The highest BCUT2D eigenvalue weighted by Crippen LogP contribution is 2.16. The highest BCUT2D eigenvalue weighted by Gasteiger charge is 2.25. The van der Waals surface area contributed by atoms with Gasteiger partial charge in [-0.1, -0.05) is 277 Å². The molecule has 0 saturated carbocycles. The first-order valence-corrected chi connectivity index (χ1v) is 34.1. The van der Waals surface area contributed by atoms with Crippen molar-refractivity contribution in [2.45, 2.75) is 296 Å². The van der Waals surface area contributed by atoms with E-state index >= 15 is 0 Å². The molecule has 0 aromatic heterocycles. The topological polar surface area (TPSA) is 108 Å². The van der Waals surface area contributed by atoms with Crippen LogP contribution >= 0.6 is 0 Å². The second-order valence-electron chi connectivity index (χ2n) is 23.7. The third-order valence-electron chi connectivity index (χ3n) is 14.5. The van der Waals surface area contributed by atoms with Crippen molar-refractivity contribution in [1.29, 1.82) is 0 Å². The first kappa shape index (κ1) is 79.0. The first-order chi connectivity index (χ1) is 40.6. The molecule has 83 heavy (non-hydrogen) atoms. The summed E-state index contributed by atoms with van der Waals surface area (Å²) in [6, 6.07) is 0. The minimum absolute atomic E-state index is 0.184. The maximum absolute atomic E-state index is 12.9. The number of ether oxygens (including phenoxy) is 4. The summed E-state index contributed by atoms with van der Waals surface area (Å²) < 4.78 is 23.0. The zero-order valence-electron chi connectivity index (χ0n) is 54.3. The third kappa shape index (κ3) is 65.3. The van der Waals surface area contributed by atoms with E-state index < -0.39 is 24.3 Å². The molecule has 1 N–H and O–H groups in total. The number of esters is 2. The zero-order chi connectivity index (χ0) is 60.5. The van der Waals surface area contributed by atoms with Gasteiger partial charge in [-0.25, -0.2) is 4.79 Å². The van der Waals surface area contributed by atoms with Crippen molar-refractivity contribution in [3.63, 3.8) is 0 Å². The summed E-state index contributed by atoms with van der Waals surface area (Å²) in [6.07, 6.45) is 86.2. The van der Waals surface area contributed by atoms with Gasteiger partial charge in [-0.3, -0.25) is 9.59 Å². The van der Waals surface area contributed by atoms with Crippen molar-refractivity contribution in [2.75, 3.05) is 47.5 Å². The third-order valence-corrected chi connectivity index (χ3v) is 14.5. The average molecular weight is 1160 g/mol. The molecule has 2 unspecified atom stereocenters. The van der Waals surface area contributed by atoms with Crippen molar-refractivity contribution < 1.29 is 42.9 Å². The monoisotopic (exact) mass is 1160 g/mol. The summed E-state index contributed by atoms with van der Waals surface area (Å²) in [5, 5.41) is 9.74. The maximum atomic E-state index is 12.9. The summed E-state index contributed by atoms with van der Waals surface area (Å²) in [5.41, 5.74) is 0. The van der Waals surface area contributed by atoms with Gasteiger partial charge >= 0.3 is 17.9 Å². The van der Waals surface area contributed by atoms with Gasteiger partial charge in [-0.2, -0.15) is 0 Å². The molecule has 9 heteroatoms. The molecule has 0 rings (SSSR count). The fraction of sp³-hybridized carbons (Fsp3) is 0.716. The van der Waals surface area contributed by atoms with E-state index in [9.17, 15) is 19.5 Å². The molecule has 0 aliphatic carbocycles. The molecule has 0 amide bonds. The predicted octanol–water partition coefficient (Wildman–Crippen LogP) is 21.0. The van der Waals surface area contributed by atoms with Crippen molar-refractivity contribution in [3.05, 3.63) is 109 Å². The van der Waals surface area contributed by atoms with Crippen LogP contribution < -0.4 is 0 Å². The van der Waals surface area contributed by atoms with Gasteiger partial charge in [-0.05, 0) is 103 Å². The number of carboxylic acids is 1. The molecule has 0 radical (unpaired) electrons. The maximum Gasteiger partial charge on any atom is 0.361 e. The van der Waals surface area contributed by atoms with Gasteiger partial charge in [0.2, 0.25) is 0 Å². The van der Waals surface area contributed by atoms with Gasteiger partial charge in [0.05, 0.1) is 34.4 Å². The summed E-state index contributed by atoms with van der Waals surface area (Å²) >= 11 is 0. The van der Waals surface area contributed by atoms with E-state index in [1.165, 1.54) is 161 Å². The molecular weight excluding hydrogens is 1030 g/mol. The van der Waals surface area contributed by atoms with Gasteiger partial charge in [0.1, 0.15) is 13.2 Å². The van der Waals surface area contributed by atoms with Crippen molar-refractivity contribution in [3.8, 4) is 0 Å². The minimum Gasteiger partial charge on any atom is -0.477 e. The quantitative estimate of drug-likeness (QED) is 0.0211. The van der Waals surface area contributed by atoms with Crippen LogP contribution in [0.2, 0.25) is 0 Å². The van der Waals surface area contributed by atoms with Gasteiger partial charge in [0.25, 0.3) is 6.29 Å². The number of aliphatic carboxylic acids is 1. The van der Waals surface area contributed by atoms with Gasteiger partial charge in [0, 0.05) is 12.8 Å². The molecule has 0 fully saturated rings. The Morgan fingerprint density at radius 1 is 0.373 bits per heavy atom. The number of nitrogens with zero attached hydrogens (tertiary/aromatic N) is 1. The summed E-state index contributed by atoms with van der Waals surface area (Å²) in [5.74, 6) is -2.01. The normalized spacial score (nSPS) is 13.4. The highest BCUT2D eigenvalue weighted by atomic mass is 16.7. The van der Waals surface area contributed by atoms with Crippen LogP contribution in [0.3, 0.4) is 0 Å². The Hall–Kier alpha value is -4.05. The largest absolute Gasteiger partial charge is 0.477 e. The molecule has 0 aliphatic heterocycles. The lowest BCUT2D eigenvalue weighted by atomic mass is 10.0. The number of rotatable bonds is 62. The second-order valence-corrected chi connectivity index (χ2v) is 23.7. The summed E-state index contributed by atoms with van der Waals surface area (Å²) in [6.45, 7) is 4.78. The number of carbonyl (C=O) groups is 3. The van der Waals surface area contributed by atoms with Crippen LogP contribution in [0.25, 0.3) is 0 Å². The Bertz CT molecular complexity index is 1730. The van der Waals surface area contributed by atoms with E-state index in [1.807, 2.05) is 21.1 Å². The fourth-order valence-electron chi connectivity index (χ4n) is 9.32. The van der Waals surface area contributed by atoms with Crippen LogP contribution in [0.5, 0.6) is 0 Å². The van der Waals surface area contributed by atoms with Crippen molar-refractivity contribution >= 4 is 17.9 Å². The molecule has 0 bridgehead atoms. The molecule has 0 heterocycles. The number of carboxylic acid groups (broad SMARTS) is 1. The average Bonchev–Trinajstić information content (AvgIpc) is 3.46. The second kappa shape index (κ2) is 64.0. The molecule has 0 aromatic carbocycles. The number of hydrogen-bond donors (Lipinski definition) is 1. The Balaban J connectivity index is 4.14. The lowest BCUT2D eigenvalue weighted by molar-refractivity contribution is -0.870. The lowest BCUT2D eigenvalue weighted by Crippen LogP contribution is -2.40. The Morgan fingerprint density at radius 3 is 1.04 bits per heavy atom. The number of likely N-dealkylation sites (N-methyl/N-ethyl adjacent to an activating group) is 1. The number of unbranched alkanes of at least 4 members (excludes halogenated alkanes) is 29. The Kier molecular flexibility index (Phi) is 60.8. The van der Waals surface area contributed by atoms with Crippen molar-refractivity contribution in [2.24, 2.45) is 0 Å². The zero-order valence-corrected chi connectivity index (χ0v) is 54.3. The smallest absolute Gasteiger partial charge is 0.361 e. The molecule has 476 valence electrons. The van der Waals surface area contributed by atoms with E-state index in [4.69, 9.17) is 18.9 Å². The van der Waals surface area contributed by atoms with E-state index in [0.29, 0.717) is 23.9 Å². The van der Waals surface area contributed by atoms with E-state index in [0.717, 1.165) is 89.9 Å². The molecule has 0 aliphatic rings. The molecule has 9 nitrogen and oxygen atoms in total. The van der Waals surface area contributed by atoms with E-state index in [-0.39, 0.29) is 32.2 Å². The fourth-order valence-corrected chi connectivity index (χ4v) is 9.32. The molecule has 0 spiro atoms. The molecule has 2 atom stereocenters. The van der Waals surface area contributed by atoms with Gasteiger partial charge in [0.15, 0.2) is 6.10 Å². The van der Waals surface area contributed by atoms with Crippen LogP contribution in [0, 0.1) is 0 Å². The van der Waals surface area contributed by atoms with Crippen LogP contribution in [0.15, 0.2) is 109 Å². The van der Waals surface area contributed by atoms with E-state index in [1.54, 1.807) is 0 Å². The van der Waals surface area contributed by atoms with Crippen LogP contribution in [0.1, 0.15) is 284 Å². The van der Waals surface area contributed by atoms with Crippen LogP contribution in [0.4, 0.5) is 0 Å². The van der Waals surface area contributed by atoms with Gasteiger partial charge < -0.3 is 28.5 Å². The standard InChI is InChI=1S/C74H127NO8/c1-6-8-10-12-14-16-18-20-22-24-26-28-29-30-31-32-33-34-35-36-37-38-39-40-41-42-43-45-47-49-51-53-55-57-59-61-63-65-72(77)83-70(69-82-74(73(78)79)80-67-66-75(3,4)5)68-81-71(76)64-62-60-58-56-54-52-50-48-46-44-27-25-23-21-19-17-15-13-11-9-7-2/h8,10,14,16,20,22,25-28,30-31,33-34,36-37,39-40,70,74H,6-7,9,11-13,15,17-19,21,23-24,29,32,35,38,41-69H2,1-5H3/p+1/b10-8-,16-14-,22-20-,27-25-,28-26-,31-30-,34-33-,37-36-,40-39-. The molecule has 0 aromatic rings. The van der Waals surface area contributed by atoms with Gasteiger partial charge in [-0.15, -0.1) is 0 Å². The summed E-state index contributed by atoms with van der Waals surface area (Å²) in [7, 11) is 5.97. The lowest BCUT2D eigenvalue weighted by Gasteiger charge is -2.25. The summed E-state index contributed by atoms with van der Waals surface area (Å²) in [4.78, 5) is 37.6. The number of quaternary nitrogens is 1. The van der Waals surface area contributed by atoms with E-state index in [2.05, 4.69) is 123 Å². The van der Waals surface area contributed by atoms with Crippen LogP contribution in [-0.2, 0) is 33.3 Å².